The third-order valence-corrected chi connectivity index (χ3v) is 9.03. The van der Waals surface area contributed by atoms with Crippen LogP contribution >= 0.6 is 23.5 Å². The van der Waals surface area contributed by atoms with E-state index in [1.54, 1.807) is 35.2 Å². The molecule has 2 saturated heterocycles. The standard InChI is InChI=1S/C30H36ClFN4O6S/c1-19(38)36-10-8-30(9-11-36)16-22(27(39)34-30)15-25(17-37)33-28(40)26(14-20-4-3-7-24(32)13-20)43-35-29(41)42-18-21-5-2-6-23(31)12-21/h2-7,12-13,22,25-26,37H,8-11,14-18H2,1H3,(H,33,40)(H,34,39)(H,35,41)/t22?,25?,26-/m0/s1. The van der Waals surface area contributed by atoms with Crippen LogP contribution in [0, 0.1) is 11.7 Å². The van der Waals surface area contributed by atoms with Crippen LogP contribution in [-0.4, -0.2) is 70.3 Å². The Morgan fingerprint density at radius 2 is 1.91 bits per heavy atom. The van der Waals surface area contributed by atoms with Gasteiger partial charge in [-0.15, -0.1) is 0 Å². The van der Waals surface area contributed by atoms with E-state index in [0.29, 0.717) is 48.5 Å². The van der Waals surface area contributed by atoms with Gasteiger partial charge in [-0.25, -0.2) is 9.18 Å². The number of halogens is 2. The molecule has 0 bridgehead atoms. The topological polar surface area (TPSA) is 137 Å². The molecule has 232 valence electrons. The maximum Gasteiger partial charge on any atom is 0.417 e. The summed E-state index contributed by atoms with van der Waals surface area (Å²) < 4.78 is 21.6. The molecular weight excluding hydrogens is 599 g/mol. The summed E-state index contributed by atoms with van der Waals surface area (Å²) >= 11 is 6.78. The third kappa shape index (κ3) is 9.32. The van der Waals surface area contributed by atoms with Crippen LogP contribution < -0.4 is 15.4 Å². The number of hydrogen-bond acceptors (Lipinski definition) is 7. The maximum atomic E-state index is 13.9. The lowest BCUT2D eigenvalue weighted by atomic mass is 9.82. The fraction of sp³-hybridized carbons (Fsp3) is 0.467. The number of amides is 4. The number of carbonyl (C=O) groups is 4. The number of benzene rings is 2. The highest BCUT2D eigenvalue weighted by Crippen LogP contribution is 2.36. The lowest BCUT2D eigenvalue weighted by Crippen LogP contribution is -2.51. The molecule has 0 aromatic heterocycles. The zero-order chi connectivity index (χ0) is 31.0. The minimum Gasteiger partial charge on any atom is -0.444 e. The predicted octanol–water partition coefficient (Wildman–Crippen LogP) is 3.35. The fourth-order valence-corrected chi connectivity index (χ4v) is 6.52. The average Bonchev–Trinajstić information content (AvgIpc) is 3.27. The molecule has 0 saturated carbocycles. The van der Waals surface area contributed by atoms with Crippen molar-refractivity contribution in [2.24, 2.45) is 5.92 Å². The monoisotopic (exact) mass is 634 g/mol. The molecule has 10 nitrogen and oxygen atoms in total. The zero-order valence-corrected chi connectivity index (χ0v) is 25.4. The number of nitrogens with one attached hydrogen (secondary N) is 3. The molecule has 2 aliphatic heterocycles. The Hall–Kier alpha value is -3.35. The summed E-state index contributed by atoms with van der Waals surface area (Å²) in [5.74, 6) is -1.51. The number of piperidine rings is 1. The summed E-state index contributed by atoms with van der Waals surface area (Å²) in [4.78, 5) is 52.1. The quantitative estimate of drug-likeness (QED) is 0.278. The van der Waals surface area contributed by atoms with Crippen molar-refractivity contribution in [2.75, 3.05) is 19.7 Å². The second-order valence-corrected chi connectivity index (χ2v) is 12.5. The van der Waals surface area contributed by atoms with Crippen LogP contribution in [0.1, 0.15) is 43.7 Å². The van der Waals surface area contributed by atoms with Gasteiger partial charge in [0, 0.05) is 36.5 Å². The third-order valence-electron chi connectivity index (χ3n) is 7.84. The van der Waals surface area contributed by atoms with Crippen LogP contribution in [0.5, 0.6) is 0 Å². The Balaban J connectivity index is 1.35. The van der Waals surface area contributed by atoms with Gasteiger partial charge < -0.3 is 25.4 Å². The molecule has 13 heteroatoms. The lowest BCUT2D eigenvalue weighted by Gasteiger charge is -2.39. The molecule has 4 amide bonds. The number of aliphatic hydroxyl groups is 1. The van der Waals surface area contributed by atoms with Gasteiger partial charge in [-0.1, -0.05) is 35.9 Å². The Morgan fingerprint density at radius 3 is 2.58 bits per heavy atom. The molecule has 2 aliphatic rings. The Bertz CT molecular complexity index is 1330. The van der Waals surface area contributed by atoms with Gasteiger partial charge in [0.15, 0.2) is 0 Å². The summed E-state index contributed by atoms with van der Waals surface area (Å²) in [6.45, 7) is 2.24. The molecule has 1 spiro atoms. The summed E-state index contributed by atoms with van der Waals surface area (Å²) in [5, 5.41) is 15.6. The lowest BCUT2D eigenvalue weighted by molar-refractivity contribution is -0.130. The normalized spacial score (nSPS) is 18.9. The van der Waals surface area contributed by atoms with Crippen LogP contribution in [0.4, 0.5) is 9.18 Å². The van der Waals surface area contributed by atoms with Gasteiger partial charge in [-0.2, -0.15) is 0 Å². The van der Waals surface area contributed by atoms with E-state index in [1.807, 2.05) is 0 Å². The Morgan fingerprint density at radius 1 is 1.19 bits per heavy atom. The second kappa shape index (κ2) is 14.9. The summed E-state index contributed by atoms with van der Waals surface area (Å²) in [6.07, 6.45) is 1.38. The average molecular weight is 635 g/mol. The zero-order valence-electron chi connectivity index (χ0n) is 23.8. The molecule has 4 N–H and O–H groups in total. The van der Waals surface area contributed by atoms with Crippen LogP contribution in [0.15, 0.2) is 48.5 Å². The summed E-state index contributed by atoms with van der Waals surface area (Å²) in [7, 11) is 0. The number of likely N-dealkylation sites (tertiary alicyclic amines) is 1. The maximum absolute atomic E-state index is 13.9. The smallest absolute Gasteiger partial charge is 0.417 e. The molecule has 2 unspecified atom stereocenters. The van der Waals surface area contributed by atoms with Gasteiger partial charge in [-0.05, 0) is 79.4 Å². The second-order valence-electron chi connectivity index (χ2n) is 11.0. The van der Waals surface area contributed by atoms with Crippen molar-refractivity contribution >= 4 is 47.4 Å². The molecule has 0 aliphatic carbocycles. The molecular formula is C30H36ClFN4O6S. The van der Waals surface area contributed by atoms with Crippen molar-refractivity contribution in [2.45, 2.75) is 62.5 Å². The largest absolute Gasteiger partial charge is 0.444 e. The van der Waals surface area contributed by atoms with Crippen LogP contribution in [0.2, 0.25) is 5.02 Å². The Labute approximate surface area is 259 Å². The molecule has 0 radical (unpaired) electrons. The van der Waals surface area contributed by atoms with Crippen molar-refractivity contribution in [1.82, 2.24) is 20.3 Å². The van der Waals surface area contributed by atoms with Crippen LogP contribution in [0.25, 0.3) is 0 Å². The predicted molar refractivity (Wildman–Crippen MR) is 160 cm³/mol. The molecule has 2 aromatic rings. The fourth-order valence-electron chi connectivity index (χ4n) is 5.55. The molecule has 2 fully saturated rings. The van der Waals surface area contributed by atoms with Gasteiger partial charge in [0.05, 0.1) is 12.6 Å². The van der Waals surface area contributed by atoms with Gasteiger partial charge in [0.1, 0.15) is 17.7 Å². The van der Waals surface area contributed by atoms with E-state index in [0.717, 1.165) is 11.9 Å². The van der Waals surface area contributed by atoms with E-state index in [4.69, 9.17) is 16.3 Å². The van der Waals surface area contributed by atoms with E-state index in [9.17, 15) is 28.7 Å². The first-order valence-corrected chi connectivity index (χ1v) is 15.4. The minimum atomic E-state index is -0.894. The summed E-state index contributed by atoms with van der Waals surface area (Å²) in [6, 6.07) is 11.9. The van der Waals surface area contributed by atoms with E-state index in [2.05, 4.69) is 15.4 Å². The van der Waals surface area contributed by atoms with Crippen molar-refractivity contribution in [1.29, 1.82) is 0 Å². The van der Waals surface area contributed by atoms with Crippen LogP contribution in [0.3, 0.4) is 0 Å². The van der Waals surface area contributed by atoms with Gasteiger partial charge in [-0.3, -0.25) is 19.1 Å². The number of nitrogens with zero attached hydrogens (tertiary/aromatic N) is 1. The number of rotatable bonds is 11. The molecule has 2 aromatic carbocycles. The van der Waals surface area contributed by atoms with Crippen molar-refractivity contribution in [3.63, 3.8) is 0 Å². The van der Waals surface area contributed by atoms with Crippen molar-refractivity contribution in [3.8, 4) is 0 Å². The first kappa shape index (κ1) is 32.6. The van der Waals surface area contributed by atoms with E-state index in [-0.39, 0.29) is 31.3 Å². The Kier molecular flexibility index (Phi) is 11.3. The SMILES string of the molecule is CC(=O)N1CCC2(CC1)CC(CC(CO)NC(=O)[C@H](Cc1cccc(F)c1)SNC(=O)OCc1cccc(Cl)c1)C(=O)N2. The first-order chi connectivity index (χ1) is 20.6. The molecule has 4 rings (SSSR count). The number of hydrogen-bond donors (Lipinski definition) is 4. The highest BCUT2D eigenvalue weighted by molar-refractivity contribution is 7.99. The van der Waals surface area contributed by atoms with E-state index in [1.165, 1.54) is 25.1 Å². The highest BCUT2D eigenvalue weighted by Gasteiger charge is 2.46. The van der Waals surface area contributed by atoms with Gasteiger partial charge in [0.25, 0.3) is 0 Å². The van der Waals surface area contributed by atoms with E-state index >= 15 is 0 Å². The number of carbonyl (C=O) groups excluding carboxylic acids is 4. The van der Waals surface area contributed by atoms with E-state index < -0.39 is 47.2 Å². The van der Waals surface area contributed by atoms with Crippen molar-refractivity contribution < 1.29 is 33.4 Å². The molecule has 43 heavy (non-hydrogen) atoms. The first-order valence-electron chi connectivity index (χ1n) is 14.1. The minimum absolute atomic E-state index is 0.00769. The number of aliphatic hydroxyl groups excluding tert-OH is 1. The number of ether oxygens (including phenoxy) is 1. The summed E-state index contributed by atoms with van der Waals surface area (Å²) in [5.41, 5.74) is 0.828. The van der Waals surface area contributed by atoms with Gasteiger partial charge >= 0.3 is 6.09 Å². The van der Waals surface area contributed by atoms with Crippen molar-refractivity contribution in [3.05, 3.63) is 70.5 Å². The molecule has 2 heterocycles. The van der Waals surface area contributed by atoms with Gasteiger partial charge in [0.2, 0.25) is 17.7 Å². The highest BCUT2D eigenvalue weighted by atomic mass is 35.5. The molecule has 3 atom stereocenters. The van der Waals surface area contributed by atoms with Crippen LogP contribution in [-0.2, 0) is 32.1 Å².